The van der Waals surface area contributed by atoms with Gasteiger partial charge in [0.2, 0.25) is 0 Å². The maximum Gasteiger partial charge on any atom is 0.300 e. The van der Waals surface area contributed by atoms with E-state index in [0.717, 1.165) is 5.69 Å². The number of rotatable bonds is 10. The molecule has 1 heterocycles. The maximum absolute atomic E-state index is 13.6. The lowest BCUT2D eigenvalue weighted by molar-refractivity contribution is -0.132. The van der Waals surface area contributed by atoms with Gasteiger partial charge in [-0.05, 0) is 74.9 Å². The van der Waals surface area contributed by atoms with Gasteiger partial charge in [-0.1, -0.05) is 12.1 Å². The number of carbonyl (C=O) groups excluding carboxylic acids is 2. The molecule has 0 saturated carbocycles. The van der Waals surface area contributed by atoms with Crippen LogP contribution in [0.3, 0.4) is 0 Å². The van der Waals surface area contributed by atoms with Crippen LogP contribution in [-0.4, -0.2) is 50.7 Å². The van der Waals surface area contributed by atoms with Gasteiger partial charge in [-0.25, -0.2) is 0 Å². The minimum absolute atomic E-state index is 0.0223. The third-order valence-electron chi connectivity index (χ3n) is 6.41. The molecule has 204 valence electrons. The number of hydrogen-bond acceptors (Lipinski definition) is 7. The Labute approximate surface area is 229 Å². The van der Waals surface area contributed by atoms with Gasteiger partial charge in [-0.2, -0.15) is 0 Å². The number of aliphatic hydroxyl groups excluding tert-OH is 1. The minimum atomic E-state index is -0.869. The second kappa shape index (κ2) is 11.9. The average molecular weight is 531 g/mol. The summed E-state index contributed by atoms with van der Waals surface area (Å²) in [6, 6.07) is 18.7. The fourth-order valence-corrected chi connectivity index (χ4v) is 4.61. The van der Waals surface area contributed by atoms with Crippen molar-refractivity contribution in [1.82, 2.24) is 0 Å². The van der Waals surface area contributed by atoms with E-state index in [1.54, 1.807) is 54.6 Å². The lowest BCUT2D eigenvalue weighted by Crippen LogP contribution is -2.29. The Hall–Kier alpha value is -4.46. The highest BCUT2D eigenvalue weighted by atomic mass is 16.5. The van der Waals surface area contributed by atoms with Crippen LogP contribution in [0.4, 0.5) is 11.4 Å². The first kappa shape index (κ1) is 27.6. The molecule has 3 aromatic carbocycles. The van der Waals surface area contributed by atoms with Gasteiger partial charge in [-0.15, -0.1) is 0 Å². The van der Waals surface area contributed by atoms with Crippen molar-refractivity contribution in [1.29, 1.82) is 0 Å². The Balaban J connectivity index is 1.90. The van der Waals surface area contributed by atoms with Crippen LogP contribution in [0.1, 0.15) is 37.9 Å². The number of hydrogen-bond donors (Lipinski definition) is 1. The summed E-state index contributed by atoms with van der Waals surface area (Å²) < 4.78 is 17.0. The zero-order chi connectivity index (χ0) is 28.1. The van der Waals surface area contributed by atoms with Gasteiger partial charge in [-0.3, -0.25) is 14.5 Å². The molecule has 1 aliphatic rings. The second-order valence-electron chi connectivity index (χ2n) is 9.11. The molecular weight excluding hydrogens is 496 g/mol. The van der Waals surface area contributed by atoms with Gasteiger partial charge in [0.25, 0.3) is 11.7 Å². The zero-order valence-electron chi connectivity index (χ0n) is 22.9. The van der Waals surface area contributed by atoms with E-state index in [0.29, 0.717) is 53.9 Å². The molecule has 1 unspecified atom stereocenters. The van der Waals surface area contributed by atoms with Crippen molar-refractivity contribution in [3.8, 4) is 17.2 Å². The fraction of sp³-hybridized carbons (Fsp3) is 0.290. The lowest BCUT2D eigenvalue weighted by Gasteiger charge is -2.26. The highest BCUT2D eigenvalue weighted by Gasteiger charge is 2.47. The van der Waals surface area contributed by atoms with Crippen molar-refractivity contribution >= 4 is 28.8 Å². The maximum atomic E-state index is 13.6. The molecule has 0 aromatic heterocycles. The van der Waals surface area contributed by atoms with Crippen molar-refractivity contribution in [3.63, 3.8) is 0 Å². The molecule has 0 bridgehead atoms. The fourth-order valence-electron chi connectivity index (χ4n) is 4.61. The van der Waals surface area contributed by atoms with Crippen LogP contribution in [0.15, 0.2) is 72.3 Å². The average Bonchev–Trinajstić information content (AvgIpc) is 3.19. The standard InChI is InChI=1S/C31H34N2O6/c1-6-37-23-15-9-20(10-16-23)28-27(29(34)25-18-17-24(38-7-2)19-26(25)39-8-3)30(35)31(36)33(28)22-13-11-21(12-14-22)32(4)5/h9-19,28,34H,6-8H2,1-5H3/b29-27-. The molecule has 1 atom stereocenters. The highest BCUT2D eigenvalue weighted by molar-refractivity contribution is 6.51. The van der Waals surface area contributed by atoms with Crippen LogP contribution in [0.25, 0.3) is 5.76 Å². The number of amides is 1. The van der Waals surface area contributed by atoms with Gasteiger partial charge in [0.1, 0.15) is 23.0 Å². The van der Waals surface area contributed by atoms with E-state index in [9.17, 15) is 14.7 Å². The summed E-state index contributed by atoms with van der Waals surface area (Å²) in [5.74, 6) is -0.226. The molecular formula is C31H34N2O6. The first-order valence-electron chi connectivity index (χ1n) is 13.0. The van der Waals surface area contributed by atoms with Crippen LogP contribution in [-0.2, 0) is 9.59 Å². The highest BCUT2D eigenvalue weighted by Crippen LogP contribution is 2.44. The SMILES string of the molecule is CCOc1ccc(C2/C(=C(/O)c3ccc(OCC)cc3OCC)C(=O)C(=O)N2c2ccc(N(C)C)cc2)cc1. The van der Waals surface area contributed by atoms with E-state index in [-0.39, 0.29) is 11.3 Å². The van der Waals surface area contributed by atoms with Crippen LogP contribution in [0.2, 0.25) is 0 Å². The molecule has 39 heavy (non-hydrogen) atoms. The number of carbonyl (C=O) groups is 2. The van der Waals surface area contributed by atoms with Crippen LogP contribution < -0.4 is 24.0 Å². The van der Waals surface area contributed by atoms with Gasteiger partial charge < -0.3 is 24.2 Å². The molecule has 0 aliphatic carbocycles. The number of aliphatic hydroxyl groups is 1. The van der Waals surface area contributed by atoms with Crippen molar-refractivity contribution in [2.45, 2.75) is 26.8 Å². The third kappa shape index (κ3) is 5.55. The molecule has 1 N–H and O–H groups in total. The van der Waals surface area contributed by atoms with Crippen LogP contribution >= 0.6 is 0 Å². The van der Waals surface area contributed by atoms with Gasteiger partial charge >= 0.3 is 0 Å². The van der Waals surface area contributed by atoms with Crippen molar-refractivity contribution in [3.05, 3.63) is 83.4 Å². The molecule has 0 spiro atoms. The summed E-state index contributed by atoms with van der Waals surface area (Å²) in [5, 5.41) is 11.6. The van der Waals surface area contributed by atoms with Crippen LogP contribution in [0, 0.1) is 0 Å². The minimum Gasteiger partial charge on any atom is -0.507 e. The second-order valence-corrected chi connectivity index (χ2v) is 9.11. The smallest absolute Gasteiger partial charge is 0.300 e. The van der Waals surface area contributed by atoms with Gasteiger partial charge in [0, 0.05) is 31.5 Å². The quantitative estimate of drug-likeness (QED) is 0.208. The number of Topliss-reactive ketones (excluding diaryl/α,β-unsaturated/α-hetero) is 1. The summed E-state index contributed by atoms with van der Waals surface area (Å²) in [5.41, 5.74) is 2.42. The summed E-state index contributed by atoms with van der Waals surface area (Å²) in [6.07, 6.45) is 0. The number of benzene rings is 3. The molecule has 0 radical (unpaired) electrons. The molecule has 1 fully saturated rings. The zero-order valence-corrected chi connectivity index (χ0v) is 22.9. The van der Waals surface area contributed by atoms with Gasteiger partial charge in [0.05, 0.1) is 37.0 Å². The van der Waals surface area contributed by atoms with E-state index in [2.05, 4.69) is 0 Å². The number of ether oxygens (including phenoxy) is 3. The number of anilines is 2. The van der Waals surface area contributed by atoms with E-state index in [4.69, 9.17) is 14.2 Å². The third-order valence-corrected chi connectivity index (χ3v) is 6.41. The largest absolute Gasteiger partial charge is 0.507 e. The Morgan fingerprint density at radius 2 is 1.41 bits per heavy atom. The first-order chi connectivity index (χ1) is 18.8. The summed E-state index contributed by atoms with van der Waals surface area (Å²) in [6.45, 7) is 6.91. The normalized spacial score (nSPS) is 16.3. The van der Waals surface area contributed by atoms with Gasteiger partial charge in [0.15, 0.2) is 0 Å². The Kier molecular flexibility index (Phi) is 8.44. The topological polar surface area (TPSA) is 88.5 Å². The summed E-state index contributed by atoms with van der Waals surface area (Å²) >= 11 is 0. The van der Waals surface area contributed by atoms with E-state index in [1.807, 2.05) is 51.9 Å². The molecule has 4 rings (SSSR count). The predicted octanol–water partition coefficient (Wildman–Crippen LogP) is 5.58. The molecule has 1 saturated heterocycles. The van der Waals surface area contributed by atoms with E-state index < -0.39 is 17.7 Å². The Bertz CT molecular complexity index is 1360. The molecule has 1 aliphatic heterocycles. The number of ketones is 1. The predicted molar refractivity (Wildman–Crippen MR) is 152 cm³/mol. The molecule has 8 nitrogen and oxygen atoms in total. The molecule has 8 heteroatoms. The summed E-state index contributed by atoms with van der Waals surface area (Å²) in [7, 11) is 3.85. The van der Waals surface area contributed by atoms with Crippen LogP contribution in [0.5, 0.6) is 17.2 Å². The molecule has 3 aromatic rings. The summed E-state index contributed by atoms with van der Waals surface area (Å²) in [4.78, 5) is 30.5. The van der Waals surface area contributed by atoms with Crippen molar-refractivity contribution in [2.75, 3.05) is 43.7 Å². The Morgan fingerprint density at radius 1 is 0.821 bits per heavy atom. The van der Waals surface area contributed by atoms with Crippen molar-refractivity contribution in [2.24, 2.45) is 0 Å². The van der Waals surface area contributed by atoms with E-state index in [1.165, 1.54) is 4.90 Å². The Morgan fingerprint density at radius 3 is 2.00 bits per heavy atom. The van der Waals surface area contributed by atoms with Crippen molar-refractivity contribution < 1.29 is 28.9 Å². The van der Waals surface area contributed by atoms with E-state index >= 15 is 0 Å². The first-order valence-corrected chi connectivity index (χ1v) is 13.0. The molecule has 1 amide bonds. The number of nitrogens with zero attached hydrogens (tertiary/aromatic N) is 2. The monoisotopic (exact) mass is 530 g/mol. The lowest BCUT2D eigenvalue weighted by atomic mass is 9.94.